The predicted molar refractivity (Wildman–Crippen MR) is 58.5 cm³/mol. The Hall–Kier alpha value is -1.49. The summed E-state index contributed by atoms with van der Waals surface area (Å²) in [5.74, 6) is -15.8. The van der Waals surface area contributed by atoms with E-state index in [2.05, 4.69) is 12.6 Å². The van der Waals surface area contributed by atoms with Gasteiger partial charge in [-0.3, -0.25) is 4.79 Å². The van der Waals surface area contributed by atoms with Gasteiger partial charge in [0.1, 0.15) is 11.6 Å². The molecule has 0 aliphatic carbocycles. The van der Waals surface area contributed by atoms with E-state index in [0.717, 1.165) is 5.32 Å². The van der Waals surface area contributed by atoms with Crippen molar-refractivity contribution in [3.05, 3.63) is 34.6 Å². The molecule has 0 aliphatic rings. The Labute approximate surface area is 118 Å². The van der Waals surface area contributed by atoms with E-state index >= 15 is 0 Å². The molecule has 1 aromatic rings. The van der Waals surface area contributed by atoms with Crippen LogP contribution in [-0.2, 0) is 10.8 Å². The lowest BCUT2D eigenvalue weighted by atomic mass is 10.1. The standard InChI is InChI=1S/C10H6F7NO2S/c11-4-3(5(12)7(14)8(15)6(4)13)10(16,17)18-2(1-21)9(19)20/h2,18,21H,1H2,(H,19,20)/t2-/m0/s1. The Kier molecular flexibility index (Phi) is 5.10. The summed E-state index contributed by atoms with van der Waals surface area (Å²) in [6.45, 7) is 0. The van der Waals surface area contributed by atoms with E-state index in [1.807, 2.05) is 0 Å². The molecule has 0 spiro atoms. The molecule has 0 saturated heterocycles. The molecular weight excluding hydrogens is 331 g/mol. The SMILES string of the molecule is O=C(O)[C@H](CS)NC(F)(F)c1c(F)c(F)c(F)c(F)c1F. The first kappa shape index (κ1) is 17.6. The smallest absolute Gasteiger partial charge is 0.336 e. The topological polar surface area (TPSA) is 49.3 Å². The van der Waals surface area contributed by atoms with Crippen molar-refractivity contribution >= 4 is 18.6 Å². The molecule has 0 aromatic heterocycles. The second kappa shape index (κ2) is 6.10. The fourth-order valence-electron chi connectivity index (χ4n) is 1.36. The molecule has 2 N–H and O–H groups in total. The van der Waals surface area contributed by atoms with E-state index in [1.54, 1.807) is 0 Å². The highest BCUT2D eigenvalue weighted by Gasteiger charge is 2.44. The van der Waals surface area contributed by atoms with Gasteiger partial charge in [-0.05, 0) is 0 Å². The van der Waals surface area contributed by atoms with Crippen molar-refractivity contribution in [2.24, 2.45) is 0 Å². The summed E-state index contributed by atoms with van der Waals surface area (Å²) < 4.78 is 92.2. The third kappa shape index (κ3) is 3.23. The third-order valence-electron chi connectivity index (χ3n) is 2.36. The number of aliphatic carboxylic acids is 1. The van der Waals surface area contributed by atoms with E-state index in [1.165, 1.54) is 0 Å². The lowest BCUT2D eigenvalue weighted by Crippen LogP contribution is -2.48. The van der Waals surface area contributed by atoms with Crippen LogP contribution >= 0.6 is 12.6 Å². The van der Waals surface area contributed by atoms with Crippen molar-refractivity contribution in [3.63, 3.8) is 0 Å². The van der Waals surface area contributed by atoms with Crippen molar-refractivity contribution in [2.45, 2.75) is 12.1 Å². The van der Waals surface area contributed by atoms with Crippen molar-refractivity contribution in [1.29, 1.82) is 0 Å². The molecule has 0 fully saturated rings. The summed E-state index contributed by atoms with van der Waals surface area (Å²) in [4.78, 5) is 10.6. The molecular formula is C10H6F7NO2S. The maximum absolute atomic E-state index is 13.6. The van der Waals surface area contributed by atoms with Crippen LogP contribution in [0, 0.1) is 29.1 Å². The number of nitrogens with one attached hydrogen (secondary N) is 1. The minimum atomic E-state index is -4.82. The molecule has 1 rings (SSSR count). The van der Waals surface area contributed by atoms with Gasteiger partial charge < -0.3 is 5.11 Å². The number of benzene rings is 1. The normalized spacial score (nSPS) is 13.3. The molecule has 0 aliphatic heterocycles. The van der Waals surface area contributed by atoms with Gasteiger partial charge in [-0.25, -0.2) is 27.3 Å². The maximum atomic E-state index is 13.6. The second-order valence-electron chi connectivity index (χ2n) is 3.74. The lowest BCUT2D eigenvalue weighted by Gasteiger charge is -2.23. The molecule has 1 atom stereocenters. The van der Waals surface area contributed by atoms with Crippen LogP contribution in [0.3, 0.4) is 0 Å². The van der Waals surface area contributed by atoms with Gasteiger partial charge in [0.05, 0.1) is 0 Å². The van der Waals surface area contributed by atoms with Crippen molar-refractivity contribution in [2.75, 3.05) is 5.75 Å². The Morgan fingerprint density at radius 3 is 1.76 bits per heavy atom. The van der Waals surface area contributed by atoms with Crippen molar-refractivity contribution in [3.8, 4) is 0 Å². The zero-order valence-electron chi connectivity index (χ0n) is 9.73. The van der Waals surface area contributed by atoms with Gasteiger partial charge >= 0.3 is 12.0 Å². The summed E-state index contributed by atoms with van der Waals surface area (Å²) >= 11 is 3.42. The van der Waals surface area contributed by atoms with Crippen LogP contribution in [0.2, 0.25) is 0 Å². The number of alkyl halides is 2. The third-order valence-corrected chi connectivity index (χ3v) is 2.73. The van der Waals surface area contributed by atoms with Gasteiger partial charge in [0, 0.05) is 5.75 Å². The monoisotopic (exact) mass is 337 g/mol. The van der Waals surface area contributed by atoms with E-state index in [4.69, 9.17) is 5.11 Å². The first-order valence-electron chi connectivity index (χ1n) is 5.05. The number of rotatable bonds is 5. The average Bonchev–Trinajstić information content (AvgIpc) is 2.40. The van der Waals surface area contributed by atoms with Gasteiger partial charge in [0.2, 0.25) is 5.82 Å². The number of carboxylic acids is 1. The van der Waals surface area contributed by atoms with Gasteiger partial charge in [-0.15, -0.1) is 0 Å². The fourth-order valence-corrected chi connectivity index (χ4v) is 1.60. The summed E-state index contributed by atoms with van der Waals surface area (Å²) in [5.41, 5.74) is -2.47. The molecule has 1 aromatic carbocycles. The number of hydrogen-bond donors (Lipinski definition) is 3. The fraction of sp³-hybridized carbons (Fsp3) is 0.300. The number of carbonyl (C=O) groups is 1. The minimum Gasteiger partial charge on any atom is -0.480 e. The lowest BCUT2D eigenvalue weighted by molar-refractivity contribution is -0.143. The van der Waals surface area contributed by atoms with Crippen LogP contribution in [0.1, 0.15) is 5.56 Å². The van der Waals surface area contributed by atoms with E-state index in [0.29, 0.717) is 0 Å². The number of carboxylic acid groups (broad SMARTS) is 1. The molecule has 0 unspecified atom stereocenters. The van der Waals surface area contributed by atoms with Gasteiger partial charge in [-0.1, -0.05) is 0 Å². The number of thiol groups is 1. The van der Waals surface area contributed by atoms with Gasteiger partial charge in [0.15, 0.2) is 23.3 Å². The highest BCUT2D eigenvalue weighted by Crippen LogP contribution is 2.34. The van der Waals surface area contributed by atoms with Crippen LogP contribution < -0.4 is 5.32 Å². The average molecular weight is 337 g/mol. The first-order valence-corrected chi connectivity index (χ1v) is 5.68. The molecule has 11 heteroatoms. The van der Waals surface area contributed by atoms with Crippen molar-refractivity contribution < 1.29 is 40.6 Å². The molecule has 21 heavy (non-hydrogen) atoms. The minimum absolute atomic E-state index is 0.722. The Morgan fingerprint density at radius 2 is 1.43 bits per heavy atom. The summed E-state index contributed by atoms with van der Waals surface area (Å²) in [6.07, 6.45) is 0. The zero-order valence-corrected chi connectivity index (χ0v) is 10.6. The molecule has 3 nitrogen and oxygen atoms in total. The highest BCUT2D eigenvalue weighted by atomic mass is 32.1. The number of halogens is 7. The van der Waals surface area contributed by atoms with Crippen LogP contribution in [0.5, 0.6) is 0 Å². The summed E-state index contributed by atoms with van der Waals surface area (Å²) in [6, 6.07) is -6.91. The maximum Gasteiger partial charge on any atom is 0.336 e. The van der Waals surface area contributed by atoms with Crippen LogP contribution in [0.25, 0.3) is 0 Å². The quantitative estimate of drug-likeness (QED) is 0.254. The van der Waals surface area contributed by atoms with Gasteiger partial charge in [-0.2, -0.15) is 21.4 Å². The molecule has 0 amide bonds. The number of hydrogen-bond acceptors (Lipinski definition) is 3. The van der Waals surface area contributed by atoms with E-state index in [-0.39, 0.29) is 0 Å². The van der Waals surface area contributed by atoms with Gasteiger partial charge in [0.25, 0.3) is 0 Å². The summed E-state index contributed by atoms with van der Waals surface area (Å²) in [7, 11) is 0. The Bertz CT molecular complexity index is 552. The van der Waals surface area contributed by atoms with Crippen LogP contribution in [0.4, 0.5) is 30.7 Å². The largest absolute Gasteiger partial charge is 0.480 e. The molecule has 0 bridgehead atoms. The predicted octanol–water partition coefficient (Wildman–Crippen LogP) is 2.40. The summed E-state index contributed by atoms with van der Waals surface area (Å²) in [5, 5.41) is 9.50. The van der Waals surface area contributed by atoms with E-state index < -0.39 is 58.5 Å². The molecule has 0 heterocycles. The highest BCUT2D eigenvalue weighted by molar-refractivity contribution is 7.80. The zero-order chi connectivity index (χ0) is 16.5. The van der Waals surface area contributed by atoms with Crippen LogP contribution in [0.15, 0.2) is 0 Å². The van der Waals surface area contributed by atoms with E-state index in [9.17, 15) is 35.5 Å². The second-order valence-corrected chi connectivity index (χ2v) is 4.10. The molecule has 0 saturated carbocycles. The van der Waals surface area contributed by atoms with Crippen LogP contribution in [-0.4, -0.2) is 22.9 Å². The van der Waals surface area contributed by atoms with Crippen molar-refractivity contribution in [1.82, 2.24) is 5.32 Å². The Balaban J connectivity index is 3.41. The first-order chi connectivity index (χ1) is 9.54. The molecule has 118 valence electrons. The molecule has 0 radical (unpaired) electrons. The Morgan fingerprint density at radius 1 is 1.05 bits per heavy atom.